The molecule has 0 aliphatic heterocycles. The first-order valence-electron chi connectivity index (χ1n) is 12.2. The van der Waals surface area contributed by atoms with E-state index in [4.69, 9.17) is 9.72 Å². The van der Waals surface area contributed by atoms with Gasteiger partial charge in [-0.05, 0) is 63.8 Å². The van der Waals surface area contributed by atoms with Crippen molar-refractivity contribution < 1.29 is 17.7 Å². The van der Waals surface area contributed by atoms with E-state index in [1.54, 1.807) is 12.1 Å². The maximum absolute atomic E-state index is 14.0. The van der Waals surface area contributed by atoms with Crippen molar-refractivity contribution in [3.63, 3.8) is 0 Å². The maximum atomic E-state index is 14.0. The molecule has 1 N–H and O–H groups in total. The van der Waals surface area contributed by atoms with Gasteiger partial charge in [-0.1, -0.05) is 19.6 Å². The molecule has 0 bridgehead atoms. The van der Waals surface area contributed by atoms with Crippen molar-refractivity contribution in [3.8, 4) is 6.07 Å². The van der Waals surface area contributed by atoms with E-state index in [1.807, 2.05) is 31.4 Å². The first-order valence-corrected chi connectivity index (χ1v) is 17.1. The number of hydrogen-bond donors (Lipinski definition) is 1. The third kappa shape index (κ3) is 7.41. The second-order valence-electron chi connectivity index (χ2n) is 11.7. The molecule has 3 rings (SSSR count). The van der Waals surface area contributed by atoms with Crippen molar-refractivity contribution in [2.24, 2.45) is 5.92 Å². The molecule has 0 radical (unpaired) electrons. The zero-order chi connectivity index (χ0) is 26.0. The van der Waals surface area contributed by atoms with Crippen LogP contribution in [0.15, 0.2) is 18.2 Å². The van der Waals surface area contributed by atoms with Gasteiger partial charge in [0.1, 0.15) is 12.6 Å². The predicted molar refractivity (Wildman–Crippen MR) is 139 cm³/mol. The third-order valence-corrected chi connectivity index (χ3v) is 9.71. The average Bonchev–Trinajstić information content (AvgIpc) is 3.11. The van der Waals surface area contributed by atoms with Crippen LogP contribution in [0.5, 0.6) is 0 Å². The molecule has 0 amide bonds. The number of nitrogens with zero attached hydrogens (tertiary/aromatic N) is 3. The Bertz CT molecular complexity index is 1090. The fourth-order valence-electron chi connectivity index (χ4n) is 4.17. The smallest absolute Gasteiger partial charge is 0.248 e. The van der Waals surface area contributed by atoms with E-state index in [0.29, 0.717) is 36.4 Å². The van der Waals surface area contributed by atoms with Crippen LogP contribution in [0.2, 0.25) is 25.7 Å². The highest BCUT2D eigenvalue weighted by Crippen LogP contribution is 2.42. The van der Waals surface area contributed by atoms with Gasteiger partial charge >= 0.3 is 0 Å². The van der Waals surface area contributed by atoms with Crippen molar-refractivity contribution in [2.45, 2.75) is 95.6 Å². The number of aromatic nitrogens is 2. The minimum atomic E-state index is -2.66. The van der Waals surface area contributed by atoms with Crippen LogP contribution in [0.1, 0.15) is 63.9 Å². The Balaban J connectivity index is 2.02. The average molecular weight is 525 g/mol. The minimum Gasteiger partial charge on any atom is -0.361 e. The van der Waals surface area contributed by atoms with Crippen LogP contribution in [-0.2, 0) is 22.5 Å². The Morgan fingerprint density at radius 3 is 2.54 bits per heavy atom. The number of rotatable bonds is 9. The van der Waals surface area contributed by atoms with E-state index in [0.717, 1.165) is 11.6 Å². The Kier molecular flexibility index (Phi) is 8.57. The topological polar surface area (TPSA) is 79.9 Å². The van der Waals surface area contributed by atoms with Crippen molar-refractivity contribution in [3.05, 3.63) is 29.6 Å². The lowest BCUT2D eigenvalue weighted by molar-refractivity contribution is -0.0495. The van der Waals surface area contributed by atoms with E-state index >= 15 is 0 Å². The van der Waals surface area contributed by atoms with Crippen molar-refractivity contribution >= 4 is 30.1 Å². The van der Waals surface area contributed by atoms with Crippen LogP contribution < -0.4 is 4.72 Å². The number of ether oxygens (including phenoxy) is 1. The molecular weight excluding hydrogens is 486 g/mol. The Morgan fingerprint density at radius 1 is 1.31 bits per heavy atom. The van der Waals surface area contributed by atoms with Gasteiger partial charge in [0, 0.05) is 27.5 Å². The zero-order valence-corrected chi connectivity index (χ0v) is 23.5. The molecule has 2 atom stereocenters. The van der Waals surface area contributed by atoms with Crippen LogP contribution in [0, 0.1) is 17.2 Å². The summed E-state index contributed by atoms with van der Waals surface area (Å²) in [5.41, 5.74) is 1.94. The molecule has 1 fully saturated rings. The summed E-state index contributed by atoms with van der Waals surface area (Å²) in [7, 11) is -2.70. The number of hydrogen-bond acceptors (Lipinski definition) is 4. The van der Waals surface area contributed by atoms with Crippen LogP contribution in [-0.4, -0.2) is 39.1 Å². The summed E-state index contributed by atoms with van der Waals surface area (Å²) in [6.07, 6.45) is 0.247. The summed E-state index contributed by atoms with van der Waals surface area (Å²) in [6.45, 7) is 13.4. The van der Waals surface area contributed by atoms with Crippen LogP contribution >= 0.6 is 0 Å². The number of imidazole rings is 1. The van der Waals surface area contributed by atoms with Crippen LogP contribution in [0.4, 0.5) is 8.78 Å². The first kappa shape index (κ1) is 27.9. The third-order valence-electron chi connectivity index (χ3n) is 6.43. The molecule has 35 heavy (non-hydrogen) atoms. The lowest BCUT2D eigenvalue weighted by Gasteiger charge is -2.35. The Hall–Kier alpha value is -1.67. The normalized spacial score (nSPS) is 18.9. The fourth-order valence-corrected chi connectivity index (χ4v) is 5.81. The lowest BCUT2D eigenvalue weighted by atomic mass is 9.82. The summed E-state index contributed by atoms with van der Waals surface area (Å²) in [5, 5.41) is 9.36. The molecule has 1 aromatic heterocycles. The molecular formula is C25H38F2N4O2SSi. The van der Waals surface area contributed by atoms with Crippen LogP contribution in [0.25, 0.3) is 11.0 Å². The molecule has 1 aliphatic rings. The summed E-state index contributed by atoms with van der Waals surface area (Å²) in [4.78, 5) is 4.85. The summed E-state index contributed by atoms with van der Waals surface area (Å²) in [6, 6.07) is 7.99. The molecule has 0 saturated heterocycles. The largest absolute Gasteiger partial charge is 0.361 e. The van der Waals surface area contributed by atoms with E-state index in [1.165, 1.54) is 0 Å². The highest BCUT2D eigenvalue weighted by molar-refractivity contribution is 7.84. The molecule has 0 spiro atoms. The Labute approximate surface area is 211 Å². The maximum Gasteiger partial charge on any atom is 0.248 e. The molecule has 2 aromatic rings. The SMILES string of the molecule is CC(C)(C)[S@@](=O)N[C@H](c1nc2cc(C#N)ccc2n1COCC[Si](C)(C)C)C1CCC(F)(F)CC1. The van der Waals surface area contributed by atoms with E-state index in [9.17, 15) is 18.3 Å². The highest BCUT2D eigenvalue weighted by atomic mass is 32.2. The van der Waals surface area contributed by atoms with Gasteiger partial charge in [-0.15, -0.1) is 0 Å². The molecule has 1 aliphatic carbocycles. The number of benzene rings is 1. The molecule has 0 unspecified atom stereocenters. The summed E-state index contributed by atoms with van der Waals surface area (Å²) in [5.74, 6) is -2.18. The van der Waals surface area contributed by atoms with Gasteiger partial charge in [-0.25, -0.2) is 22.7 Å². The number of halogens is 2. The van der Waals surface area contributed by atoms with Gasteiger partial charge in [-0.3, -0.25) is 0 Å². The van der Waals surface area contributed by atoms with Crippen molar-refractivity contribution in [2.75, 3.05) is 6.61 Å². The number of fused-ring (bicyclic) bond motifs is 1. The fraction of sp³-hybridized carbons (Fsp3) is 0.680. The summed E-state index contributed by atoms with van der Waals surface area (Å²) >= 11 is 0. The zero-order valence-electron chi connectivity index (χ0n) is 21.7. The molecule has 1 heterocycles. The van der Waals surface area contributed by atoms with Gasteiger partial charge in [-0.2, -0.15) is 5.26 Å². The number of alkyl halides is 2. The predicted octanol–water partition coefficient (Wildman–Crippen LogP) is 6.14. The van der Waals surface area contributed by atoms with Crippen molar-refractivity contribution in [1.29, 1.82) is 5.26 Å². The molecule has 1 saturated carbocycles. The monoisotopic (exact) mass is 524 g/mol. The standard InChI is InChI=1S/C25H38F2N4O2SSi/c1-24(2,3)34(32)30-22(19-9-11-25(26,27)12-10-19)23-29-20-15-18(16-28)7-8-21(20)31(23)17-33-13-14-35(4,5)6/h7-8,15,19,22,30H,9-14,17H2,1-6H3/t22-,34+/m0/s1. The van der Waals surface area contributed by atoms with E-state index < -0.39 is 35.8 Å². The van der Waals surface area contributed by atoms with Crippen molar-refractivity contribution in [1.82, 2.24) is 14.3 Å². The number of nitriles is 1. The van der Waals surface area contributed by atoms with Gasteiger partial charge in [0.25, 0.3) is 0 Å². The molecule has 6 nitrogen and oxygen atoms in total. The van der Waals surface area contributed by atoms with Crippen LogP contribution in [0.3, 0.4) is 0 Å². The molecule has 10 heteroatoms. The van der Waals surface area contributed by atoms with E-state index in [-0.39, 0.29) is 25.5 Å². The molecule has 1 aromatic carbocycles. The Morgan fingerprint density at radius 2 is 1.97 bits per heavy atom. The van der Waals surface area contributed by atoms with Gasteiger partial charge in [0.15, 0.2) is 0 Å². The highest BCUT2D eigenvalue weighted by Gasteiger charge is 2.40. The van der Waals surface area contributed by atoms with Gasteiger partial charge in [0.05, 0.1) is 44.4 Å². The molecule has 194 valence electrons. The second-order valence-corrected chi connectivity index (χ2v) is 19.4. The van der Waals surface area contributed by atoms with E-state index in [2.05, 4.69) is 30.4 Å². The van der Waals surface area contributed by atoms with Gasteiger partial charge in [0.2, 0.25) is 5.92 Å². The second kappa shape index (κ2) is 10.7. The minimum absolute atomic E-state index is 0.145. The number of nitrogens with one attached hydrogen (secondary N) is 1. The first-order chi connectivity index (χ1) is 16.2. The quantitative estimate of drug-likeness (QED) is 0.316. The van der Waals surface area contributed by atoms with Gasteiger partial charge < -0.3 is 9.30 Å². The summed E-state index contributed by atoms with van der Waals surface area (Å²) < 4.78 is 51.9. The lowest BCUT2D eigenvalue weighted by Crippen LogP contribution is -2.41.